The van der Waals surface area contributed by atoms with E-state index in [2.05, 4.69) is 0 Å². The van der Waals surface area contributed by atoms with Crippen molar-refractivity contribution in [3.05, 3.63) is 64.4 Å². The molecule has 0 aromatic heterocycles. The first-order valence-corrected chi connectivity index (χ1v) is 6.92. The van der Waals surface area contributed by atoms with Crippen molar-refractivity contribution >= 4 is 17.3 Å². The first-order valence-electron chi connectivity index (χ1n) is 6.55. The lowest BCUT2D eigenvalue weighted by Gasteiger charge is -2.20. The van der Waals surface area contributed by atoms with Crippen LogP contribution in [0.2, 0.25) is 5.02 Å². The lowest BCUT2D eigenvalue weighted by molar-refractivity contribution is 0.608. The van der Waals surface area contributed by atoms with Gasteiger partial charge in [-0.15, -0.1) is 0 Å². The van der Waals surface area contributed by atoms with Gasteiger partial charge in [0.1, 0.15) is 5.82 Å². The van der Waals surface area contributed by atoms with Gasteiger partial charge < -0.3 is 10.6 Å². The Morgan fingerprint density at radius 3 is 2.55 bits per heavy atom. The Labute approximate surface area is 124 Å². The smallest absolute Gasteiger partial charge is 0.128 e. The molecule has 0 atom stereocenters. The molecule has 0 bridgehead atoms. The zero-order valence-electron chi connectivity index (χ0n) is 11.4. The zero-order chi connectivity index (χ0) is 14.5. The number of hydrogen-bond donors (Lipinski definition) is 1. The van der Waals surface area contributed by atoms with Crippen LogP contribution in [-0.2, 0) is 13.0 Å². The monoisotopic (exact) mass is 292 g/mol. The lowest BCUT2D eigenvalue weighted by atomic mass is 10.1. The van der Waals surface area contributed by atoms with Gasteiger partial charge in [-0.25, -0.2) is 4.39 Å². The van der Waals surface area contributed by atoms with Crippen molar-refractivity contribution in [1.82, 2.24) is 0 Å². The third-order valence-corrected chi connectivity index (χ3v) is 3.61. The fraction of sp³-hybridized carbons (Fsp3) is 0.250. The third kappa shape index (κ3) is 3.50. The molecule has 2 nitrogen and oxygen atoms in total. The van der Waals surface area contributed by atoms with Crippen LogP contribution in [0, 0.1) is 5.82 Å². The summed E-state index contributed by atoms with van der Waals surface area (Å²) in [6.45, 7) is 1.07. The van der Waals surface area contributed by atoms with Crippen molar-refractivity contribution < 1.29 is 4.39 Å². The van der Waals surface area contributed by atoms with Crippen molar-refractivity contribution in [2.24, 2.45) is 5.73 Å². The summed E-state index contributed by atoms with van der Waals surface area (Å²) in [5.74, 6) is -0.190. The van der Waals surface area contributed by atoms with E-state index in [1.165, 1.54) is 6.07 Å². The maximum atomic E-state index is 13.6. The van der Waals surface area contributed by atoms with E-state index in [1.54, 1.807) is 12.1 Å². The van der Waals surface area contributed by atoms with Crippen molar-refractivity contribution in [1.29, 1.82) is 0 Å². The molecule has 2 rings (SSSR count). The number of rotatable bonds is 5. The highest BCUT2D eigenvalue weighted by molar-refractivity contribution is 6.31. The van der Waals surface area contributed by atoms with Crippen LogP contribution in [0.15, 0.2) is 42.5 Å². The average molecular weight is 293 g/mol. The minimum absolute atomic E-state index is 0.190. The first kappa shape index (κ1) is 14.8. The highest BCUT2D eigenvalue weighted by Crippen LogP contribution is 2.24. The molecule has 0 saturated heterocycles. The Hall–Kier alpha value is -1.58. The SMILES string of the molecule is CN(Cc1ccccc1F)c1ccc(CCN)c(Cl)c1. The molecule has 0 heterocycles. The molecule has 0 aliphatic heterocycles. The lowest BCUT2D eigenvalue weighted by Crippen LogP contribution is -2.17. The van der Waals surface area contributed by atoms with E-state index < -0.39 is 0 Å². The van der Waals surface area contributed by atoms with E-state index in [-0.39, 0.29) is 5.82 Å². The van der Waals surface area contributed by atoms with Gasteiger partial charge in [-0.2, -0.15) is 0 Å². The van der Waals surface area contributed by atoms with Gasteiger partial charge in [-0.3, -0.25) is 0 Å². The van der Waals surface area contributed by atoms with Gasteiger partial charge in [0.25, 0.3) is 0 Å². The van der Waals surface area contributed by atoms with Crippen molar-refractivity contribution in [2.75, 3.05) is 18.5 Å². The maximum absolute atomic E-state index is 13.6. The normalized spacial score (nSPS) is 10.6. The Bertz CT molecular complexity index is 586. The summed E-state index contributed by atoms with van der Waals surface area (Å²) in [7, 11) is 1.92. The summed E-state index contributed by atoms with van der Waals surface area (Å²) in [6.07, 6.45) is 0.760. The molecule has 0 fully saturated rings. The highest BCUT2D eigenvalue weighted by atomic mass is 35.5. The molecule has 0 amide bonds. The van der Waals surface area contributed by atoms with Gasteiger partial charge in [-0.1, -0.05) is 35.9 Å². The van der Waals surface area contributed by atoms with Gasteiger partial charge in [-0.05, 0) is 36.7 Å². The van der Waals surface area contributed by atoms with Gasteiger partial charge in [0.15, 0.2) is 0 Å². The highest BCUT2D eigenvalue weighted by Gasteiger charge is 2.08. The van der Waals surface area contributed by atoms with E-state index in [0.29, 0.717) is 23.7 Å². The first-order chi connectivity index (χ1) is 9.61. The number of nitrogens with zero attached hydrogens (tertiary/aromatic N) is 1. The number of halogens is 2. The summed E-state index contributed by atoms with van der Waals surface area (Å²) in [4.78, 5) is 1.97. The summed E-state index contributed by atoms with van der Waals surface area (Å²) in [5.41, 5.74) is 8.20. The Balaban J connectivity index is 2.15. The predicted octanol–water partition coefficient (Wildman–Crippen LogP) is 3.62. The summed E-state index contributed by atoms with van der Waals surface area (Å²) in [6, 6.07) is 12.6. The van der Waals surface area contributed by atoms with Crippen molar-refractivity contribution in [2.45, 2.75) is 13.0 Å². The van der Waals surface area contributed by atoms with Crippen LogP contribution >= 0.6 is 11.6 Å². The second-order valence-electron chi connectivity index (χ2n) is 4.76. The van der Waals surface area contributed by atoms with Crippen LogP contribution in [-0.4, -0.2) is 13.6 Å². The molecule has 2 N–H and O–H groups in total. The maximum Gasteiger partial charge on any atom is 0.128 e. The molecule has 4 heteroatoms. The van der Waals surface area contributed by atoms with Crippen LogP contribution in [0.25, 0.3) is 0 Å². The van der Waals surface area contributed by atoms with Crippen LogP contribution in [0.3, 0.4) is 0 Å². The fourth-order valence-electron chi connectivity index (χ4n) is 2.11. The topological polar surface area (TPSA) is 29.3 Å². The molecule has 0 aliphatic carbocycles. The molecule has 20 heavy (non-hydrogen) atoms. The quantitative estimate of drug-likeness (QED) is 0.912. The summed E-state index contributed by atoms with van der Waals surface area (Å²) >= 11 is 6.23. The van der Waals surface area contributed by atoms with Crippen LogP contribution < -0.4 is 10.6 Å². The van der Waals surface area contributed by atoms with E-state index in [4.69, 9.17) is 17.3 Å². The van der Waals surface area contributed by atoms with Crippen LogP contribution in [0.5, 0.6) is 0 Å². The molecule has 0 saturated carbocycles. The minimum atomic E-state index is -0.190. The molecule has 0 spiro atoms. The Morgan fingerprint density at radius 2 is 1.90 bits per heavy atom. The molecular weight excluding hydrogens is 275 g/mol. The standard InChI is InChI=1S/C16H18ClFN2/c1-20(11-13-4-2-3-5-16(13)18)14-7-6-12(8-9-19)15(17)10-14/h2-7,10H,8-9,11,19H2,1H3. The number of benzene rings is 2. The van der Waals surface area contributed by atoms with Crippen molar-refractivity contribution in [3.8, 4) is 0 Å². The Morgan fingerprint density at radius 1 is 1.15 bits per heavy atom. The fourth-order valence-corrected chi connectivity index (χ4v) is 2.37. The molecule has 2 aromatic carbocycles. The predicted molar refractivity (Wildman–Crippen MR) is 82.7 cm³/mol. The molecule has 2 aromatic rings. The molecule has 0 unspecified atom stereocenters. The van der Waals surface area contributed by atoms with Crippen LogP contribution in [0.1, 0.15) is 11.1 Å². The average Bonchev–Trinajstić information content (AvgIpc) is 2.43. The largest absolute Gasteiger partial charge is 0.370 e. The summed E-state index contributed by atoms with van der Waals surface area (Å²) in [5, 5.41) is 0.702. The zero-order valence-corrected chi connectivity index (χ0v) is 12.2. The van der Waals surface area contributed by atoms with Gasteiger partial charge in [0.05, 0.1) is 0 Å². The van der Waals surface area contributed by atoms with Crippen molar-refractivity contribution in [3.63, 3.8) is 0 Å². The number of anilines is 1. The molecule has 0 aliphatic rings. The van der Waals surface area contributed by atoms with E-state index in [9.17, 15) is 4.39 Å². The number of nitrogens with two attached hydrogens (primary N) is 1. The molecule has 0 radical (unpaired) electrons. The second-order valence-corrected chi connectivity index (χ2v) is 5.17. The van der Waals surface area contributed by atoms with E-state index in [1.807, 2.05) is 36.2 Å². The van der Waals surface area contributed by atoms with E-state index in [0.717, 1.165) is 17.7 Å². The Kier molecular flexibility index (Phi) is 4.99. The third-order valence-electron chi connectivity index (χ3n) is 3.26. The van der Waals surface area contributed by atoms with E-state index >= 15 is 0 Å². The van der Waals surface area contributed by atoms with Crippen LogP contribution in [0.4, 0.5) is 10.1 Å². The minimum Gasteiger partial charge on any atom is -0.370 e. The molecule has 106 valence electrons. The second kappa shape index (κ2) is 6.73. The van der Waals surface area contributed by atoms with Gasteiger partial charge in [0.2, 0.25) is 0 Å². The van der Waals surface area contributed by atoms with Gasteiger partial charge >= 0.3 is 0 Å². The number of hydrogen-bond acceptors (Lipinski definition) is 2. The molecular formula is C16H18ClFN2. The van der Waals surface area contributed by atoms with Gasteiger partial charge in [0, 0.05) is 29.9 Å². The summed E-state index contributed by atoms with van der Waals surface area (Å²) < 4.78 is 13.6.